The van der Waals surface area contributed by atoms with Crippen molar-refractivity contribution in [2.45, 2.75) is 44.6 Å². The van der Waals surface area contributed by atoms with E-state index in [4.69, 9.17) is 9.47 Å². The van der Waals surface area contributed by atoms with Gasteiger partial charge in [-0.1, -0.05) is 13.3 Å². The lowest BCUT2D eigenvalue weighted by Crippen LogP contribution is -2.54. The van der Waals surface area contributed by atoms with Gasteiger partial charge in [0, 0.05) is 26.9 Å². The topological polar surface area (TPSA) is 59.6 Å². The molecule has 0 aromatic heterocycles. The van der Waals surface area contributed by atoms with Crippen molar-refractivity contribution in [1.82, 2.24) is 10.6 Å². The second-order valence-electron chi connectivity index (χ2n) is 5.02. The van der Waals surface area contributed by atoms with E-state index >= 15 is 0 Å². The first-order valence-corrected chi connectivity index (χ1v) is 7.37. The first-order chi connectivity index (χ1) is 9.25. The molecule has 2 N–H and O–H groups in total. The van der Waals surface area contributed by atoms with E-state index in [1.807, 2.05) is 0 Å². The van der Waals surface area contributed by atoms with Gasteiger partial charge in [0.25, 0.3) is 5.91 Å². The minimum atomic E-state index is -0.631. The molecule has 1 rings (SSSR count). The predicted molar refractivity (Wildman–Crippen MR) is 82.4 cm³/mol. The molecule has 0 aromatic carbocycles. The molecule has 0 aromatic rings. The highest BCUT2D eigenvalue weighted by atomic mass is 35.5. The molecule has 6 heteroatoms. The van der Waals surface area contributed by atoms with Crippen molar-refractivity contribution in [3.05, 3.63) is 0 Å². The molecule has 0 spiro atoms. The van der Waals surface area contributed by atoms with Crippen LogP contribution in [0, 0.1) is 0 Å². The normalized spacial score (nSPS) is 17.3. The van der Waals surface area contributed by atoms with Crippen LogP contribution in [0.25, 0.3) is 0 Å². The van der Waals surface area contributed by atoms with E-state index in [1.54, 1.807) is 7.11 Å². The molecule has 0 bridgehead atoms. The number of halogens is 1. The molecule has 0 aliphatic carbocycles. The molecular weight excluding hydrogens is 280 g/mol. The smallest absolute Gasteiger partial charge is 0.252 e. The van der Waals surface area contributed by atoms with Gasteiger partial charge >= 0.3 is 0 Å². The van der Waals surface area contributed by atoms with Gasteiger partial charge in [-0.25, -0.2) is 0 Å². The maximum Gasteiger partial charge on any atom is 0.252 e. The summed E-state index contributed by atoms with van der Waals surface area (Å²) in [6, 6.07) is 0. The average molecular weight is 309 g/mol. The first kappa shape index (κ1) is 19.6. The van der Waals surface area contributed by atoms with Crippen molar-refractivity contribution in [1.29, 1.82) is 0 Å². The molecule has 1 saturated heterocycles. The zero-order valence-corrected chi connectivity index (χ0v) is 13.5. The number of hydrogen-bond donors (Lipinski definition) is 2. The standard InChI is InChI=1S/C14H28N2O3.ClH/c1-3-4-11-19-12-5-8-16-13(17)14(18-2)6-9-15-10-7-14;/h15H,3-12H2,1-2H3,(H,16,17);1H. The third-order valence-electron chi connectivity index (χ3n) is 3.61. The van der Waals surface area contributed by atoms with E-state index in [0.717, 1.165) is 51.8 Å². The highest BCUT2D eigenvalue weighted by Crippen LogP contribution is 2.22. The van der Waals surface area contributed by atoms with Gasteiger partial charge in [0.05, 0.1) is 0 Å². The van der Waals surface area contributed by atoms with Crippen molar-refractivity contribution >= 4 is 18.3 Å². The van der Waals surface area contributed by atoms with Gasteiger partial charge in [-0.05, 0) is 38.8 Å². The lowest BCUT2D eigenvalue weighted by Gasteiger charge is -2.34. The van der Waals surface area contributed by atoms with E-state index in [2.05, 4.69) is 17.6 Å². The SMILES string of the molecule is CCCCOCCCNC(=O)C1(OC)CCNCC1.Cl. The number of hydrogen-bond acceptors (Lipinski definition) is 4. The van der Waals surface area contributed by atoms with Crippen LogP contribution in [0.5, 0.6) is 0 Å². The third kappa shape index (κ3) is 6.39. The van der Waals surface area contributed by atoms with Gasteiger partial charge in [-0.15, -0.1) is 12.4 Å². The van der Waals surface area contributed by atoms with Crippen LogP contribution >= 0.6 is 12.4 Å². The molecule has 1 fully saturated rings. The molecule has 120 valence electrons. The third-order valence-corrected chi connectivity index (χ3v) is 3.61. The van der Waals surface area contributed by atoms with Crippen LogP contribution in [0.4, 0.5) is 0 Å². The van der Waals surface area contributed by atoms with Crippen molar-refractivity contribution in [3.8, 4) is 0 Å². The van der Waals surface area contributed by atoms with Crippen molar-refractivity contribution < 1.29 is 14.3 Å². The molecule has 0 saturated carbocycles. The molecule has 1 aliphatic rings. The number of nitrogens with one attached hydrogen (secondary N) is 2. The van der Waals surface area contributed by atoms with E-state index in [0.29, 0.717) is 13.2 Å². The summed E-state index contributed by atoms with van der Waals surface area (Å²) in [5, 5.41) is 6.21. The van der Waals surface area contributed by atoms with Crippen LogP contribution in [-0.4, -0.2) is 51.5 Å². The Bertz CT molecular complexity index is 259. The van der Waals surface area contributed by atoms with Crippen molar-refractivity contribution in [2.24, 2.45) is 0 Å². The second-order valence-corrected chi connectivity index (χ2v) is 5.02. The number of rotatable bonds is 9. The predicted octanol–water partition coefficient (Wildman–Crippen LogP) is 1.50. The molecule has 0 radical (unpaired) electrons. The van der Waals surface area contributed by atoms with Crippen molar-refractivity contribution in [3.63, 3.8) is 0 Å². The van der Waals surface area contributed by atoms with Gasteiger partial charge in [-0.3, -0.25) is 4.79 Å². The van der Waals surface area contributed by atoms with Crippen LogP contribution in [0.1, 0.15) is 39.0 Å². The summed E-state index contributed by atoms with van der Waals surface area (Å²) in [5.41, 5.74) is -0.631. The lowest BCUT2D eigenvalue weighted by atomic mass is 9.91. The van der Waals surface area contributed by atoms with Crippen LogP contribution in [0.3, 0.4) is 0 Å². The Morgan fingerprint density at radius 3 is 2.50 bits per heavy atom. The van der Waals surface area contributed by atoms with E-state index in [1.165, 1.54) is 0 Å². The van der Waals surface area contributed by atoms with Crippen LogP contribution in [0.2, 0.25) is 0 Å². The Morgan fingerprint density at radius 2 is 1.90 bits per heavy atom. The highest BCUT2D eigenvalue weighted by Gasteiger charge is 2.39. The molecule has 1 amide bonds. The van der Waals surface area contributed by atoms with Gasteiger partial charge in [0.2, 0.25) is 0 Å². The summed E-state index contributed by atoms with van der Waals surface area (Å²) < 4.78 is 10.9. The maximum absolute atomic E-state index is 12.2. The van der Waals surface area contributed by atoms with Crippen molar-refractivity contribution in [2.75, 3.05) is 40.0 Å². The summed E-state index contributed by atoms with van der Waals surface area (Å²) in [6.45, 7) is 6.00. The van der Waals surface area contributed by atoms with E-state index in [9.17, 15) is 4.79 Å². The average Bonchev–Trinajstić information content (AvgIpc) is 2.46. The molecule has 0 atom stereocenters. The Hall–Kier alpha value is -0.360. The number of piperidine rings is 1. The summed E-state index contributed by atoms with van der Waals surface area (Å²) in [6.07, 6.45) is 4.59. The number of unbranched alkanes of at least 4 members (excludes halogenated alkanes) is 1. The molecule has 1 aliphatic heterocycles. The summed E-state index contributed by atoms with van der Waals surface area (Å²) in [4.78, 5) is 12.2. The second kappa shape index (κ2) is 11.3. The molecule has 20 heavy (non-hydrogen) atoms. The monoisotopic (exact) mass is 308 g/mol. The Balaban J connectivity index is 0.00000361. The highest BCUT2D eigenvalue weighted by molar-refractivity contribution is 5.85. The first-order valence-electron chi connectivity index (χ1n) is 7.37. The number of carbonyl (C=O) groups is 1. The van der Waals surface area contributed by atoms with Gasteiger partial charge in [-0.2, -0.15) is 0 Å². The molecular formula is C14H29ClN2O3. The number of ether oxygens (including phenoxy) is 2. The quantitative estimate of drug-likeness (QED) is 0.634. The minimum absolute atomic E-state index is 0. The van der Waals surface area contributed by atoms with E-state index in [-0.39, 0.29) is 18.3 Å². The van der Waals surface area contributed by atoms with E-state index < -0.39 is 5.60 Å². The minimum Gasteiger partial charge on any atom is -0.381 e. The molecule has 1 heterocycles. The Labute approximate surface area is 128 Å². The fourth-order valence-corrected chi connectivity index (χ4v) is 2.24. The largest absolute Gasteiger partial charge is 0.381 e. The van der Waals surface area contributed by atoms with Gasteiger partial charge < -0.3 is 20.1 Å². The number of amides is 1. The summed E-state index contributed by atoms with van der Waals surface area (Å²) >= 11 is 0. The van der Waals surface area contributed by atoms with Crippen LogP contribution in [0.15, 0.2) is 0 Å². The number of methoxy groups -OCH3 is 1. The fraction of sp³-hybridized carbons (Fsp3) is 0.929. The summed E-state index contributed by atoms with van der Waals surface area (Å²) in [5.74, 6) is 0.0186. The van der Waals surface area contributed by atoms with Gasteiger partial charge in [0.15, 0.2) is 0 Å². The molecule has 5 nitrogen and oxygen atoms in total. The fourth-order valence-electron chi connectivity index (χ4n) is 2.24. The molecule has 0 unspecified atom stereocenters. The Kier molecular flexibility index (Phi) is 11.1. The maximum atomic E-state index is 12.2. The van der Waals surface area contributed by atoms with Gasteiger partial charge in [0.1, 0.15) is 5.60 Å². The lowest BCUT2D eigenvalue weighted by molar-refractivity contribution is -0.146. The van der Waals surface area contributed by atoms with Crippen LogP contribution < -0.4 is 10.6 Å². The summed E-state index contributed by atoms with van der Waals surface area (Å²) in [7, 11) is 1.62. The zero-order valence-electron chi connectivity index (χ0n) is 12.7. The Morgan fingerprint density at radius 1 is 1.25 bits per heavy atom. The number of carbonyl (C=O) groups excluding carboxylic acids is 1. The van der Waals surface area contributed by atoms with Crippen LogP contribution in [-0.2, 0) is 14.3 Å². The zero-order chi connectivity index (χ0) is 14.0.